The fraction of sp³-hybridized carbons (Fsp3) is 0.545. The summed E-state index contributed by atoms with van der Waals surface area (Å²) >= 11 is 0. The van der Waals surface area contributed by atoms with E-state index in [4.69, 9.17) is 0 Å². The van der Waals surface area contributed by atoms with Gasteiger partial charge in [-0.05, 0) is 19.3 Å². The van der Waals surface area contributed by atoms with E-state index in [0.29, 0.717) is 17.6 Å². The molecule has 86 valence electrons. The van der Waals surface area contributed by atoms with Crippen molar-refractivity contribution in [2.24, 2.45) is 0 Å². The van der Waals surface area contributed by atoms with Crippen LogP contribution in [0.1, 0.15) is 36.7 Å². The fourth-order valence-electron chi connectivity index (χ4n) is 1.30. The molecule has 0 atom stereocenters. The molecular formula is C11H16N4O. The third-order valence-corrected chi connectivity index (χ3v) is 2.34. The van der Waals surface area contributed by atoms with E-state index in [-0.39, 0.29) is 5.91 Å². The van der Waals surface area contributed by atoms with Crippen LogP contribution in [0.25, 0.3) is 0 Å². The quantitative estimate of drug-likeness (QED) is 0.782. The van der Waals surface area contributed by atoms with Gasteiger partial charge in [-0.3, -0.25) is 9.78 Å². The maximum Gasteiger partial charge on any atom is 0.271 e. The van der Waals surface area contributed by atoms with Crippen molar-refractivity contribution in [1.29, 1.82) is 0 Å². The lowest BCUT2D eigenvalue weighted by Gasteiger charge is -2.05. The number of anilines is 1. The third-order valence-electron chi connectivity index (χ3n) is 2.34. The molecule has 1 amide bonds. The minimum absolute atomic E-state index is 0.129. The normalized spacial score (nSPS) is 14.6. The standard InChI is InChI=1S/C11H16N4O/c1-2-5-13-10-7-12-6-9(15-10)11(16)14-8-3-4-8/h6-8H,2-5H2,1H3,(H,13,15)(H,14,16). The molecule has 2 N–H and O–H groups in total. The monoisotopic (exact) mass is 220 g/mol. The summed E-state index contributed by atoms with van der Waals surface area (Å²) in [5, 5.41) is 5.99. The maximum atomic E-state index is 11.7. The Labute approximate surface area is 94.7 Å². The molecule has 16 heavy (non-hydrogen) atoms. The van der Waals surface area contributed by atoms with Crippen LogP contribution in [0.4, 0.5) is 5.82 Å². The van der Waals surface area contributed by atoms with Gasteiger partial charge < -0.3 is 10.6 Å². The van der Waals surface area contributed by atoms with Crippen LogP contribution in [0, 0.1) is 0 Å². The predicted molar refractivity (Wildman–Crippen MR) is 61.3 cm³/mol. The zero-order valence-electron chi connectivity index (χ0n) is 9.36. The van der Waals surface area contributed by atoms with Crippen molar-refractivity contribution in [3.8, 4) is 0 Å². The van der Waals surface area contributed by atoms with Crippen LogP contribution in [0.2, 0.25) is 0 Å². The van der Waals surface area contributed by atoms with Gasteiger partial charge in [0.15, 0.2) is 0 Å². The molecule has 2 rings (SSSR count). The van der Waals surface area contributed by atoms with Crippen LogP contribution in [0.3, 0.4) is 0 Å². The highest BCUT2D eigenvalue weighted by molar-refractivity contribution is 5.92. The number of carbonyl (C=O) groups is 1. The van der Waals surface area contributed by atoms with E-state index in [2.05, 4.69) is 27.5 Å². The van der Waals surface area contributed by atoms with Gasteiger partial charge in [0.1, 0.15) is 11.5 Å². The minimum atomic E-state index is -0.129. The summed E-state index contributed by atoms with van der Waals surface area (Å²) in [6.07, 6.45) is 6.29. The zero-order chi connectivity index (χ0) is 11.4. The Morgan fingerprint density at radius 2 is 2.31 bits per heavy atom. The van der Waals surface area contributed by atoms with Gasteiger partial charge in [0.2, 0.25) is 0 Å². The largest absolute Gasteiger partial charge is 0.369 e. The van der Waals surface area contributed by atoms with E-state index in [1.165, 1.54) is 6.20 Å². The molecule has 0 aliphatic heterocycles. The molecule has 1 heterocycles. The highest BCUT2D eigenvalue weighted by Crippen LogP contribution is 2.19. The van der Waals surface area contributed by atoms with E-state index in [1.807, 2.05) is 0 Å². The molecule has 1 aliphatic carbocycles. The number of nitrogens with one attached hydrogen (secondary N) is 2. The molecule has 1 fully saturated rings. The van der Waals surface area contributed by atoms with Gasteiger partial charge in [0, 0.05) is 12.6 Å². The zero-order valence-corrected chi connectivity index (χ0v) is 9.36. The van der Waals surface area contributed by atoms with Gasteiger partial charge in [0.05, 0.1) is 12.4 Å². The van der Waals surface area contributed by atoms with Crippen LogP contribution in [0.15, 0.2) is 12.4 Å². The lowest BCUT2D eigenvalue weighted by Crippen LogP contribution is -2.26. The summed E-state index contributed by atoms with van der Waals surface area (Å²) in [5.74, 6) is 0.528. The van der Waals surface area contributed by atoms with Crippen LogP contribution in [-0.2, 0) is 0 Å². The molecule has 1 saturated carbocycles. The van der Waals surface area contributed by atoms with Crippen molar-refractivity contribution in [2.75, 3.05) is 11.9 Å². The molecular weight excluding hydrogens is 204 g/mol. The van der Waals surface area contributed by atoms with Crippen molar-refractivity contribution in [3.63, 3.8) is 0 Å². The summed E-state index contributed by atoms with van der Waals surface area (Å²) in [6, 6.07) is 0.349. The molecule has 0 spiro atoms. The highest BCUT2D eigenvalue weighted by atomic mass is 16.2. The lowest BCUT2D eigenvalue weighted by molar-refractivity contribution is 0.0946. The van der Waals surface area contributed by atoms with Crippen molar-refractivity contribution < 1.29 is 4.79 Å². The molecule has 5 heteroatoms. The summed E-state index contributed by atoms with van der Waals surface area (Å²) in [5.41, 5.74) is 0.382. The topological polar surface area (TPSA) is 66.9 Å². The number of hydrogen-bond donors (Lipinski definition) is 2. The Balaban J connectivity index is 1.99. The maximum absolute atomic E-state index is 11.7. The van der Waals surface area contributed by atoms with Crippen LogP contribution in [-0.4, -0.2) is 28.5 Å². The van der Waals surface area contributed by atoms with Gasteiger partial charge >= 0.3 is 0 Å². The number of carbonyl (C=O) groups excluding carboxylic acids is 1. The number of rotatable bonds is 5. The molecule has 5 nitrogen and oxygen atoms in total. The first kappa shape index (κ1) is 10.9. The van der Waals surface area contributed by atoms with Crippen molar-refractivity contribution in [3.05, 3.63) is 18.1 Å². The molecule has 0 saturated heterocycles. The smallest absolute Gasteiger partial charge is 0.271 e. The SMILES string of the molecule is CCCNc1cncc(C(=O)NC2CC2)n1. The molecule has 1 aromatic rings. The molecule has 0 unspecified atom stereocenters. The fourth-order valence-corrected chi connectivity index (χ4v) is 1.30. The first-order valence-corrected chi connectivity index (χ1v) is 5.66. The second kappa shape index (κ2) is 4.92. The number of nitrogens with zero attached hydrogens (tertiary/aromatic N) is 2. The van der Waals surface area contributed by atoms with Gasteiger partial charge in [-0.2, -0.15) is 0 Å². The van der Waals surface area contributed by atoms with Gasteiger partial charge in [-0.15, -0.1) is 0 Å². The lowest BCUT2D eigenvalue weighted by atomic mass is 10.4. The number of hydrogen-bond acceptors (Lipinski definition) is 4. The molecule has 0 radical (unpaired) electrons. The Hall–Kier alpha value is -1.65. The van der Waals surface area contributed by atoms with Crippen LogP contribution < -0.4 is 10.6 Å². The number of amides is 1. The predicted octanol–water partition coefficient (Wildman–Crippen LogP) is 1.19. The summed E-state index contributed by atoms with van der Waals surface area (Å²) < 4.78 is 0. The third kappa shape index (κ3) is 2.92. The van der Waals surface area contributed by atoms with E-state index in [9.17, 15) is 4.79 Å². The summed E-state index contributed by atoms with van der Waals surface area (Å²) in [7, 11) is 0. The molecule has 0 aromatic carbocycles. The minimum Gasteiger partial charge on any atom is -0.369 e. The van der Waals surface area contributed by atoms with Gasteiger partial charge in [0.25, 0.3) is 5.91 Å². The Morgan fingerprint density at radius 3 is 3.00 bits per heavy atom. The van der Waals surface area contributed by atoms with Crippen molar-refractivity contribution >= 4 is 11.7 Å². The van der Waals surface area contributed by atoms with Gasteiger partial charge in [-0.25, -0.2) is 4.98 Å². The second-order valence-electron chi connectivity index (χ2n) is 3.96. The van der Waals surface area contributed by atoms with Crippen molar-refractivity contribution in [1.82, 2.24) is 15.3 Å². The van der Waals surface area contributed by atoms with Crippen LogP contribution >= 0.6 is 0 Å². The Bertz CT molecular complexity index is 376. The molecule has 0 bridgehead atoms. The van der Waals surface area contributed by atoms with E-state index < -0.39 is 0 Å². The van der Waals surface area contributed by atoms with Crippen LogP contribution in [0.5, 0.6) is 0 Å². The number of aromatic nitrogens is 2. The van der Waals surface area contributed by atoms with Crippen molar-refractivity contribution in [2.45, 2.75) is 32.2 Å². The summed E-state index contributed by atoms with van der Waals surface area (Å²) in [4.78, 5) is 19.9. The first-order chi connectivity index (χ1) is 7.79. The molecule has 1 aromatic heterocycles. The Morgan fingerprint density at radius 1 is 1.50 bits per heavy atom. The van der Waals surface area contributed by atoms with Gasteiger partial charge in [-0.1, -0.05) is 6.92 Å². The first-order valence-electron chi connectivity index (χ1n) is 5.66. The second-order valence-corrected chi connectivity index (χ2v) is 3.96. The van der Waals surface area contributed by atoms with E-state index >= 15 is 0 Å². The van der Waals surface area contributed by atoms with E-state index in [0.717, 1.165) is 25.8 Å². The summed E-state index contributed by atoms with van der Waals surface area (Å²) in [6.45, 7) is 2.91. The Kier molecular flexibility index (Phi) is 3.34. The average molecular weight is 220 g/mol. The van der Waals surface area contributed by atoms with E-state index in [1.54, 1.807) is 6.20 Å². The highest BCUT2D eigenvalue weighted by Gasteiger charge is 2.24. The average Bonchev–Trinajstić information content (AvgIpc) is 3.10. The molecule has 1 aliphatic rings.